The summed E-state index contributed by atoms with van der Waals surface area (Å²) >= 11 is 0. The van der Waals surface area contributed by atoms with Gasteiger partial charge in [0.1, 0.15) is 11.5 Å². The second-order valence-corrected chi connectivity index (χ2v) is 5.00. The van der Waals surface area contributed by atoms with Crippen molar-refractivity contribution in [2.24, 2.45) is 0 Å². The van der Waals surface area contributed by atoms with Crippen molar-refractivity contribution in [1.29, 1.82) is 0 Å². The number of carbonyl (C=O) groups is 1. The normalized spacial score (nSPS) is 19.9. The average molecular weight is 247 g/mol. The summed E-state index contributed by atoms with van der Waals surface area (Å²) in [6.45, 7) is 6.74. The maximum absolute atomic E-state index is 12.5. The van der Waals surface area contributed by atoms with E-state index in [1.165, 1.54) is 6.42 Å². The number of hydrogen-bond acceptors (Lipinski definition) is 3. The van der Waals surface area contributed by atoms with E-state index in [1.807, 2.05) is 18.7 Å². The number of aromatic nitrogens is 2. The molecular formula is C14H21N3O. The lowest BCUT2D eigenvalue weighted by atomic mass is 9.99. The first-order valence-corrected chi connectivity index (χ1v) is 6.75. The summed E-state index contributed by atoms with van der Waals surface area (Å²) in [6.07, 6.45) is 4.47. The zero-order chi connectivity index (χ0) is 13.1. The third-order valence-electron chi connectivity index (χ3n) is 3.54. The predicted molar refractivity (Wildman–Crippen MR) is 70.5 cm³/mol. The third kappa shape index (κ3) is 2.68. The molecule has 0 N–H and O–H groups in total. The van der Waals surface area contributed by atoms with E-state index >= 15 is 0 Å². The van der Waals surface area contributed by atoms with E-state index in [1.54, 1.807) is 6.07 Å². The molecule has 0 radical (unpaired) electrons. The summed E-state index contributed by atoms with van der Waals surface area (Å²) in [6, 6.07) is 2.17. The van der Waals surface area contributed by atoms with E-state index in [4.69, 9.17) is 0 Å². The summed E-state index contributed by atoms with van der Waals surface area (Å²) in [5, 5.41) is 0. The topological polar surface area (TPSA) is 46.1 Å². The van der Waals surface area contributed by atoms with E-state index < -0.39 is 0 Å². The predicted octanol–water partition coefficient (Wildman–Crippen LogP) is 2.50. The number of aryl methyl sites for hydroxylation is 2. The second kappa shape index (κ2) is 5.46. The molecule has 1 aromatic rings. The molecule has 2 rings (SSSR count). The number of piperidine rings is 1. The van der Waals surface area contributed by atoms with Gasteiger partial charge in [-0.1, -0.05) is 6.92 Å². The SMILES string of the molecule is CCC1CCCCN1C(=O)c1cc(C)nc(C)n1. The fourth-order valence-electron chi connectivity index (χ4n) is 2.67. The van der Waals surface area contributed by atoms with Crippen LogP contribution in [0.5, 0.6) is 0 Å². The molecule has 0 bridgehead atoms. The monoisotopic (exact) mass is 247 g/mol. The molecule has 1 aliphatic heterocycles. The molecule has 0 spiro atoms. The molecule has 0 aliphatic carbocycles. The molecule has 1 aliphatic rings. The average Bonchev–Trinajstić information content (AvgIpc) is 2.36. The Morgan fingerprint density at radius 3 is 2.83 bits per heavy atom. The van der Waals surface area contributed by atoms with Gasteiger partial charge >= 0.3 is 0 Å². The highest BCUT2D eigenvalue weighted by atomic mass is 16.2. The number of rotatable bonds is 2. The maximum Gasteiger partial charge on any atom is 0.272 e. The quantitative estimate of drug-likeness (QED) is 0.806. The number of nitrogens with zero attached hydrogens (tertiary/aromatic N) is 3. The molecule has 4 heteroatoms. The Balaban J connectivity index is 2.23. The van der Waals surface area contributed by atoms with Crippen molar-refractivity contribution in [3.63, 3.8) is 0 Å². The summed E-state index contributed by atoms with van der Waals surface area (Å²) in [4.78, 5) is 23.0. The lowest BCUT2D eigenvalue weighted by Crippen LogP contribution is -2.43. The molecule has 1 amide bonds. The first-order chi connectivity index (χ1) is 8.61. The number of hydrogen-bond donors (Lipinski definition) is 0. The maximum atomic E-state index is 12.5. The molecular weight excluding hydrogens is 226 g/mol. The van der Waals surface area contributed by atoms with Gasteiger partial charge in [-0.3, -0.25) is 4.79 Å². The lowest BCUT2D eigenvalue weighted by Gasteiger charge is -2.35. The molecule has 98 valence electrons. The minimum atomic E-state index is 0.0650. The third-order valence-corrected chi connectivity index (χ3v) is 3.54. The Kier molecular flexibility index (Phi) is 3.94. The van der Waals surface area contributed by atoms with Crippen molar-refractivity contribution >= 4 is 5.91 Å². The van der Waals surface area contributed by atoms with Crippen molar-refractivity contribution in [2.75, 3.05) is 6.54 Å². The minimum absolute atomic E-state index is 0.0650. The van der Waals surface area contributed by atoms with Gasteiger partial charge < -0.3 is 4.90 Å². The fourth-order valence-corrected chi connectivity index (χ4v) is 2.67. The van der Waals surface area contributed by atoms with Crippen molar-refractivity contribution in [3.8, 4) is 0 Å². The Bertz CT molecular complexity index is 424. The van der Waals surface area contributed by atoms with E-state index in [9.17, 15) is 4.79 Å². The van der Waals surface area contributed by atoms with Gasteiger partial charge in [0.25, 0.3) is 5.91 Å². The second-order valence-electron chi connectivity index (χ2n) is 5.00. The van der Waals surface area contributed by atoms with E-state index in [-0.39, 0.29) is 5.91 Å². The number of carbonyl (C=O) groups excluding carboxylic acids is 1. The van der Waals surface area contributed by atoms with Crippen molar-refractivity contribution in [2.45, 2.75) is 52.5 Å². The molecule has 1 saturated heterocycles. The van der Waals surface area contributed by atoms with E-state index in [0.29, 0.717) is 17.6 Å². The van der Waals surface area contributed by atoms with E-state index in [0.717, 1.165) is 31.5 Å². The zero-order valence-electron chi connectivity index (χ0n) is 11.4. The summed E-state index contributed by atoms with van der Waals surface area (Å²) in [5.41, 5.74) is 1.40. The first kappa shape index (κ1) is 13.0. The van der Waals surface area contributed by atoms with Gasteiger partial charge in [0.15, 0.2) is 0 Å². The van der Waals surface area contributed by atoms with Crippen molar-refractivity contribution in [3.05, 3.63) is 23.3 Å². The van der Waals surface area contributed by atoms with Crippen LogP contribution < -0.4 is 0 Å². The Hall–Kier alpha value is -1.45. The van der Waals surface area contributed by atoms with Crippen LogP contribution >= 0.6 is 0 Å². The van der Waals surface area contributed by atoms with Crippen LogP contribution in [0.2, 0.25) is 0 Å². The Morgan fingerprint density at radius 2 is 2.17 bits per heavy atom. The zero-order valence-corrected chi connectivity index (χ0v) is 11.4. The van der Waals surface area contributed by atoms with Crippen LogP contribution in [0.1, 0.15) is 54.6 Å². The van der Waals surface area contributed by atoms with Crippen LogP contribution in [0.3, 0.4) is 0 Å². The van der Waals surface area contributed by atoms with Gasteiger partial charge in [-0.05, 0) is 45.6 Å². The highest BCUT2D eigenvalue weighted by Crippen LogP contribution is 2.21. The van der Waals surface area contributed by atoms with Gasteiger partial charge in [-0.15, -0.1) is 0 Å². The van der Waals surface area contributed by atoms with Crippen molar-refractivity contribution in [1.82, 2.24) is 14.9 Å². The van der Waals surface area contributed by atoms with Crippen LogP contribution in [0.4, 0.5) is 0 Å². The smallest absolute Gasteiger partial charge is 0.272 e. The molecule has 0 aromatic carbocycles. The van der Waals surface area contributed by atoms with Gasteiger partial charge in [0, 0.05) is 18.3 Å². The van der Waals surface area contributed by atoms with Crippen LogP contribution in [0.25, 0.3) is 0 Å². The molecule has 2 heterocycles. The summed E-state index contributed by atoms with van der Waals surface area (Å²) in [5.74, 6) is 0.735. The molecule has 1 aromatic heterocycles. The highest BCUT2D eigenvalue weighted by molar-refractivity contribution is 5.92. The van der Waals surface area contributed by atoms with Gasteiger partial charge in [0.05, 0.1) is 0 Å². The Labute approximate surface area is 108 Å². The van der Waals surface area contributed by atoms with E-state index in [2.05, 4.69) is 16.9 Å². The highest BCUT2D eigenvalue weighted by Gasteiger charge is 2.27. The van der Waals surface area contributed by atoms with Gasteiger partial charge in [-0.25, -0.2) is 9.97 Å². The standard InChI is InChI=1S/C14H21N3O/c1-4-12-7-5-6-8-17(12)14(18)13-9-10(2)15-11(3)16-13/h9,12H,4-8H2,1-3H3. The number of likely N-dealkylation sites (tertiary alicyclic amines) is 1. The lowest BCUT2D eigenvalue weighted by molar-refractivity contribution is 0.0601. The fraction of sp³-hybridized carbons (Fsp3) is 0.643. The van der Waals surface area contributed by atoms with Crippen molar-refractivity contribution < 1.29 is 4.79 Å². The number of amides is 1. The summed E-state index contributed by atoms with van der Waals surface area (Å²) in [7, 11) is 0. The van der Waals surface area contributed by atoms with Crippen LogP contribution in [0.15, 0.2) is 6.07 Å². The Morgan fingerprint density at radius 1 is 1.39 bits per heavy atom. The molecule has 0 saturated carbocycles. The first-order valence-electron chi connectivity index (χ1n) is 6.75. The van der Waals surface area contributed by atoms with Gasteiger partial charge in [-0.2, -0.15) is 0 Å². The molecule has 1 unspecified atom stereocenters. The summed E-state index contributed by atoms with van der Waals surface area (Å²) < 4.78 is 0. The largest absolute Gasteiger partial charge is 0.334 e. The van der Waals surface area contributed by atoms with Crippen LogP contribution in [-0.4, -0.2) is 33.4 Å². The van der Waals surface area contributed by atoms with Crippen LogP contribution in [-0.2, 0) is 0 Å². The van der Waals surface area contributed by atoms with Gasteiger partial charge in [0.2, 0.25) is 0 Å². The molecule has 18 heavy (non-hydrogen) atoms. The molecule has 4 nitrogen and oxygen atoms in total. The molecule has 1 fully saturated rings. The minimum Gasteiger partial charge on any atom is -0.334 e. The molecule has 1 atom stereocenters. The van der Waals surface area contributed by atoms with Crippen LogP contribution in [0, 0.1) is 13.8 Å².